The maximum atomic E-state index is 11.7. The maximum Gasteiger partial charge on any atom is 0.280 e. The van der Waals surface area contributed by atoms with Gasteiger partial charge in [0.1, 0.15) is 5.75 Å². The van der Waals surface area contributed by atoms with Gasteiger partial charge in [-0.3, -0.25) is 10.1 Å². The summed E-state index contributed by atoms with van der Waals surface area (Å²) in [6, 6.07) is 17.3. The molecule has 0 aliphatic heterocycles. The number of phenols is 1. The van der Waals surface area contributed by atoms with Crippen LogP contribution in [-0.4, -0.2) is 10.0 Å². The van der Waals surface area contributed by atoms with Crippen LogP contribution < -0.4 is 5.73 Å². The van der Waals surface area contributed by atoms with Crippen LogP contribution in [0.1, 0.15) is 5.56 Å². The first-order valence-corrected chi connectivity index (χ1v) is 7.41. The van der Waals surface area contributed by atoms with Crippen molar-refractivity contribution in [3.8, 4) is 28.0 Å². The fourth-order valence-electron chi connectivity index (χ4n) is 2.89. The van der Waals surface area contributed by atoms with Crippen molar-refractivity contribution in [1.29, 1.82) is 0 Å². The van der Waals surface area contributed by atoms with Crippen LogP contribution in [0.5, 0.6) is 5.75 Å². The Hall–Kier alpha value is -3.34. The van der Waals surface area contributed by atoms with E-state index < -0.39 is 0 Å². The third-order valence-electron chi connectivity index (χ3n) is 3.92. The largest absolute Gasteiger partial charge is 0.508 e. The van der Waals surface area contributed by atoms with Crippen LogP contribution in [0.4, 0.5) is 11.4 Å². The number of nitrogens with zero attached hydrogens (tertiary/aromatic N) is 1. The number of nitrogen functional groups attached to an aromatic ring is 1. The fraction of sp³-hybridized carbons (Fsp3) is 0.0526. The van der Waals surface area contributed by atoms with Crippen molar-refractivity contribution in [3.05, 3.63) is 76.3 Å². The van der Waals surface area contributed by atoms with E-state index in [9.17, 15) is 15.2 Å². The molecule has 0 atom stereocenters. The molecule has 0 heterocycles. The second-order valence-corrected chi connectivity index (χ2v) is 5.55. The molecule has 0 saturated carbocycles. The standard InChI is InChI=1S/C19H16N2O3/c1-12-11-16(20)17(13-5-3-2-4-6-13)18(19(12)21(23)24)14-7-9-15(22)10-8-14/h2-11,22H,20H2,1H3. The predicted octanol–water partition coefficient (Wildman–Crippen LogP) is 4.53. The van der Waals surface area contributed by atoms with Gasteiger partial charge in [0.15, 0.2) is 0 Å². The smallest absolute Gasteiger partial charge is 0.280 e. The summed E-state index contributed by atoms with van der Waals surface area (Å²) in [6.45, 7) is 1.67. The number of nitro groups is 1. The molecule has 3 aromatic carbocycles. The van der Waals surface area contributed by atoms with Crippen LogP contribution >= 0.6 is 0 Å². The topological polar surface area (TPSA) is 89.4 Å². The SMILES string of the molecule is Cc1cc(N)c(-c2ccccc2)c(-c2ccc(O)cc2)c1[N+](=O)[O-]. The Balaban J connectivity index is 2.42. The van der Waals surface area contributed by atoms with Crippen LogP contribution in [0.25, 0.3) is 22.3 Å². The molecule has 3 N–H and O–H groups in total. The molecule has 0 aliphatic carbocycles. The summed E-state index contributed by atoms with van der Waals surface area (Å²) in [5.41, 5.74) is 9.75. The molecule has 0 aliphatic rings. The minimum absolute atomic E-state index is 0.0220. The average molecular weight is 320 g/mol. The third-order valence-corrected chi connectivity index (χ3v) is 3.92. The molecule has 0 unspecified atom stereocenters. The number of nitrogens with two attached hydrogens (primary N) is 1. The first kappa shape index (κ1) is 15.6. The molecule has 120 valence electrons. The molecule has 0 saturated heterocycles. The highest BCUT2D eigenvalue weighted by molar-refractivity contribution is 5.97. The molecule has 0 spiro atoms. The zero-order chi connectivity index (χ0) is 17.3. The number of hydrogen-bond acceptors (Lipinski definition) is 4. The minimum atomic E-state index is -0.386. The number of aryl methyl sites for hydroxylation is 1. The van der Waals surface area contributed by atoms with E-state index in [1.165, 1.54) is 12.1 Å². The van der Waals surface area contributed by atoms with E-state index in [2.05, 4.69) is 0 Å². The Morgan fingerprint density at radius 2 is 1.54 bits per heavy atom. The molecular formula is C19H16N2O3. The van der Waals surface area contributed by atoms with Crippen molar-refractivity contribution in [1.82, 2.24) is 0 Å². The molecule has 24 heavy (non-hydrogen) atoms. The fourth-order valence-corrected chi connectivity index (χ4v) is 2.89. The molecule has 0 aromatic heterocycles. The zero-order valence-corrected chi connectivity index (χ0v) is 13.1. The van der Waals surface area contributed by atoms with Gasteiger partial charge < -0.3 is 10.8 Å². The number of rotatable bonds is 3. The van der Waals surface area contributed by atoms with Gasteiger partial charge in [-0.1, -0.05) is 42.5 Å². The molecule has 0 amide bonds. The van der Waals surface area contributed by atoms with E-state index in [1.807, 2.05) is 30.3 Å². The molecule has 0 radical (unpaired) electrons. The summed E-state index contributed by atoms with van der Waals surface area (Å²) < 4.78 is 0. The molecule has 0 fully saturated rings. The van der Waals surface area contributed by atoms with Gasteiger partial charge in [0.2, 0.25) is 0 Å². The van der Waals surface area contributed by atoms with Gasteiger partial charge in [0.05, 0.1) is 10.5 Å². The van der Waals surface area contributed by atoms with Crippen molar-refractivity contribution in [2.24, 2.45) is 0 Å². The lowest BCUT2D eigenvalue weighted by Crippen LogP contribution is -2.01. The Bertz CT molecular complexity index is 904. The summed E-state index contributed by atoms with van der Waals surface area (Å²) in [5, 5.41) is 21.2. The third kappa shape index (κ3) is 2.67. The van der Waals surface area contributed by atoms with E-state index in [0.717, 1.165) is 5.56 Å². The van der Waals surface area contributed by atoms with Crippen LogP contribution in [0.2, 0.25) is 0 Å². The average Bonchev–Trinajstić information content (AvgIpc) is 2.55. The summed E-state index contributed by atoms with van der Waals surface area (Å²) in [7, 11) is 0. The first-order chi connectivity index (χ1) is 11.5. The zero-order valence-electron chi connectivity index (χ0n) is 13.1. The van der Waals surface area contributed by atoms with Gasteiger partial charge in [0.25, 0.3) is 5.69 Å². The van der Waals surface area contributed by atoms with Crippen molar-refractivity contribution in [2.75, 3.05) is 5.73 Å². The lowest BCUT2D eigenvalue weighted by atomic mass is 9.89. The monoisotopic (exact) mass is 320 g/mol. The van der Waals surface area contributed by atoms with Crippen LogP contribution in [0.15, 0.2) is 60.7 Å². The molecule has 0 bridgehead atoms. The number of nitro benzene ring substituents is 1. The molecule has 5 nitrogen and oxygen atoms in total. The number of aromatic hydroxyl groups is 1. The van der Waals surface area contributed by atoms with Gasteiger partial charge in [-0.25, -0.2) is 0 Å². The van der Waals surface area contributed by atoms with Gasteiger partial charge in [-0.15, -0.1) is 0 Å². The maximum absolute atomic E-state index is 11.7. The molecule has 5 heteroatoms. The van der Waals surface area contributed by atoms with Gasteiger partial charge in [-0.2, -0.15) is 0 Å². The lowest BCUT2D eigenvalue weighted by molar-refractivity contribution is -0.384. The highest BCUT2D eigenvalue weighted by Gasteiger charge is 2.25. The Morgan fingerprint density at radius 1 is 0.958 bits per heavy atom. The number of hydrogen-bond donors (Lipinski definition) is 2. The Labute approximate surface area is 139 Å². The van der Waals surface area contributed by atoms with Gasteiger partial charge >= 0.3 is 0 Å². The number of anilines is 1. The van der Waals surface area contributed by atoms with Crippen molar-refractivity contribution >= 4 is 11.4 Å². The van der Waals surface area contributed by atoms with Crippen molar-refractivity contribution in [3.63, 3.8) is 0 Å². The summed E-state index contributed by atoms with van der Waals surface area (Å²) in [5.74, 6) is 0.100. The summed E-state index contributed by atoms with van der Waals surface area (Å²) in [4.78, 5) is 11.3. The summed E-state index contributed by atoms with van der Waals surface area (Å²) >= 11 is 0. The minimum Gasteiger partial charge on any atom is -0.508 e. The van der Waals surface area contributed by atoms with E-state index in [4.69, 9.17) is 5.73 Å². The van der Waals surface area contributed by atoms with Gasteiger partial charge in [-0.05, 0) is 36.2 Å². The number of phenolic OH excluding ortho intramolecular Hbond substituents is 1. The highest BCUT2D eigenvalue weighted by Crippen LogP contribution is 2.44. The molecule has 3 aromatic rings. The highest BCUT2D eigenvalue weighted by atomic mass is 16.6. The lowest BCUT2D eigenvalue weighted by Gasteiger charge is -2.15. The molecule has 3 rings (SSSR count). The summed E-state index contributed by atoms with van der Waals surface area (Å²) in [6.07, 6.45) is 0. The Kier molecular flexibility index (Phi) is 3.92. The second-order valence-electron chi connectivity index (χ2n) is 5.55. The normalized spacial score (nSPS) is 10.5. The van der Waals surface area contributed by atoms with E-state index in [0.29, 0.717) is 27.9 Å². The van der Waals surface area contributed by atoms with Crippen LogP contribution in [0.3, 0.4) is 0 Å². The first-order valence-electron chi connectivity index (χ1n) is 7.41. The predicted molar refractivity (Wildman–Crippen MR) is 94.8 cm³/mol. The Morgan fingerprint density at radius 3 is 2.12 bits per heavy atom. The van der Waals surface area contributed by atoms with Gasteiger partial charge in [0, 0.05) is 16.8 Å². The van der Waals surface area contributed by atoms with Crippen LogP contribution in [-0.2, 0) is 0 Å². The number of benzene rings is 3. The van der Waals surface area contributed by atoms with Crippen molar-refractivity contribution < 1.29 is 10.0 Å². The van der Waals surface area contributed by atoms with E-state index in [-0.39, 0.29) is 16.4 Å². The van der Waals surface area contributed by atoms with E-state index in [1.54, 1.807) is 25.1 Å². The van der Waals surface area contributed by atoms with Crippen LogP contribution in [0, 0.1) is 17.0 Å². The van der Waals surface area contributed by atoms with E-state index >= 15 is 0 Å². The second kappa shape index (κ2) is 6.04. The molecular weight excluding hydrogens is 304 g/mol. The quantitative estimate of drug-likeness (QED) is 0.421. The van der Waals surface area contributed by atoms with Crippen molar-refractivity contribution in [2.45, 2.75) is 6.92 Å².